The van der Waals surface area contributed by atoms with Crippen molar-refractivity contribution in [2.45, 2.75) is 69.6 Å². The Hall–Kier alpha value is -0.290. The van der Waals surface area contributed by atoms with Gasteiger partial charge in [0.25, 0.3) is 0 Å². The summed E-state index contributed by atoms with van der Waals surface area (Å²) >= 11 is 0. The Morgan fingerprint density at radius 3 is 2.53 bits per heavy atom. The first-order valence-corrected chi connectivity index (χ1v) is 7.46. The fraction of sp³-hybridized carbons (Fsp3) is 1.00. The third-order valence-electron chi connectivity index (χ3n) is 4.62. The molecule has 1 spiro atoms. The second-order valence-corrected chi connectivity index (χ2v) is 6.26. The van der Waals surface area contributed by atoms with Crippen molar-refractivity contribution in [1.29, 1.82) is 0 Å². The second-order valence-electron chi connectivity index (χ2n) is 6.26. The molecule has 1 atom stereocenters. The molecule has 1 N–H and O–H groups in total. The Balaban J connectivity index is 1.84. The monoisotopic (exact) mass is 278 g/mol. The minimum Gasteiger partial charge on any atom is -0.308 e. The van der Waals surface area contributed by atoms with E-state index in [1.165, 1.54) is 32.1 Å². The first-order valence-electron chi connectivity index (χ1n) is 7.46. The molecule has 0 aromatic heterocycles. The number of piperazine rings is 1. The van der Waals surface area contributed by atoms with Crippen LogP contribution in [0.5, 0.6) is 0 Å². The van der Waals surface area contributed by atoms with Gasteiger partial charge in [0.2, 0.25) is 0 Å². The summed E-state index contributed by atoms with van der Waals surface area (Å²) in [5.41, 5.74) is 0.184. The molecule has 1 saturated carbocycles. The van der Waals surface area contributed by atoms with Gasteiger partial charge in [-0.1, -0.05) is 19.3 Å². The van der Waals surface area contributed by atoms with Crippen LogP contribution in [0.1, 0.15) is 51.9 Å². The standard InChI is InChI=1S/C14H25F3N2/c1-12-10-18-13(6-3-2-4-7-13)11-19(12)9-5-8-14(15,16)17/h12,18H,2-11H2,1H3. The van der Waals surface area contributed by atoms with Gasteiger partial charge >= 0.3 is 6.18 Å². The minimum atomic E-state index is -4.01. The maximum absolute atomic E-state index is 12.2. The van der Waals surface area contributed by atoms with Crippen LogP contribution in [0.3, 0.4) is 0 Å². The number of nitrogens with zero attached hydrogens (tertiary/aromatic N) is 1. The first-order chi connectivity index (χ1) is 8.90. The lowest BCUT2D eigenvalue weighted by Gasteiger charge is -2.49. The highest BCUT2D eigenvalue weighted by Crippen LogP contribution is 2.32. The van der Waals surface area contributed by atoms with Crippen LogP contribution < -0.4 is 5.32 Å². The van der Waals surface area contributed by atoms with Gasteiger partial charge in [0.05, 0.1) is 0 Å². The maximum atomic E-state index is 12.2. The summed E-state index contributed by atoms with van der Waals surface area (Å²) in [5, 5.41) is 3.66. The van der Waals surface area contributed by atoms with Crippen LogP contribution >= 0.6 is 0 Å². The molecule has 1 aliphatic carbocycles. The molecule has 5 heteroatoms. The van der Waals surface area contributed by atoms with Gasteiger partial charge in [0.1, 0.15) is 0 Å². The molecule has 1 unspecified atom stereocenters. The average Bonchev–Trinajstić information content (AvgIpc) is 2.34. The first kappa shape index (κ1) is 15.1. The van der Waals surface area contributed by atoms with E-state index in [-0.39, 0.29) is 12.0 Å². The highest BCUT2D eigenvalue weighted by atomic mass is 19.4. The minimum absolute atomic E-state index is 0.184. The Morgan fingerprint density at radius 2 is 1.89 bits per heavy atom. The van der Waals surface area contributed by atoms with Gasteiger partial charge in [0, 0.05) is 31.1 Å². The van der Waals surface area contributed by atoms with E-state index in [9.17, 15) is 13.2 Å². The normalized spacial score (nSPS) is 28.7. The van der Waals surface area contributed by atoms with Gasteiger partial charge in [-0.3, -0.25) is 4.90 Å². The SMILES string of the molecule is CC1CNC2(CCCCC2)CN1CCCC(F)(F)F. The molecular weight excluding hydrogens is 253 g/mol. The van der Waals surface area contributed by atoms with Crippen LogP contribution in [0.15, 0.2) is 0 Å². The third-order valence-corrected chi connectivity index (χ3v) is 4.62. The molecule has 1 heterocycles. The highest BCUT2D eigenvalue weighted by Gasteiger charge is 2.38. The van der Waals surface area contributed by atoms with Crippen LogP contribution in [-0.4, -0.2) is 42.3 Å². The van der Waals surface area contributed by atoms with E-state index >= 15 is 0 Å². The number of rotatable bonds is 3. The molecule has 0 amide bonds. The molecule has 1 saturated heterocycles. The van der Waals surface area contributed by atoms with Crippen molar-refractivity contribution < 1.29 is 13.2 Å². The van der Waals surface area contributed by atoms with Crippen molar-refractivity contribution >= 4 is 0 Å². The average molecular weight is 278 g/mol. The number of hydrogen-bond acceptors (Lipinski definition) is 2. The van der Waals surface area contributed by atoms with E-state index in [4.69, 9.17) is 0 Å². The smallest absolute Gasteiger partial charge is 0.308 e. The lowest BCUT2D eigenvalue weighted by atomic mass is 9.79. The van der Waals surface area contributed by atoms with Crippen LogP contribution in [-0.2, 0) is 0 Å². The molecule has 2 aliphatic rings. The zero-order valence-electron chi connectivity index (χ0n) is 11.7. The van der Waals surface area contributed by atoms with Crippen molar-refractivity contribution in [2.24, 2.45) is 0 Å². The second kappa shape index (κ2) is 6.00. The van der Waals surface area contributed by atoms with Crippen molar-refractivity contribution in [3.8, 4) is 0 Å². The Labute approximate surface area is 113 Å². The number of halogens is 3. The van der Waals surface area contributed by atoms with Gasteiger partial charge in [-0.2, -0.15) is 13.2 Å². The van der Waals surface area contributed by atoms with E-state index in [1.54, 1.807) is 0 Å². The van der Waals surface area contributed by atoms with Gasteiger partial charge in [-0.05, 0) is 32.7 Å². The van der Waals surface area contributed by atoms with Crippen LogP contribution in [0.4, 0.5) is 13.2 Å². The van der Waals surface area contributed by atoms with E-state index in [0.29, 0.717) is 12.6 Å². The maximum Gasteiger partial charge on any atom is 0.389 e. The highest BCUT2D eigenvalue weighted by molar-refractivity contribution is 4.98. The number of hydrogen-bond donors (Lipinski definition) is 1. The molecule has 0 aromatic carbocycles. The number of alkyl halides is 3. The third kappa shape index (κ3) is 4.35. The number of nitrogens with one attached hydrogen (secondary N) is 1. The van der Waals surface area contributed by atoms with E-state index in [0.717, 1.165) is 13.1 Å². The molecule has 0 radical (unpaired) electrons. The van der Waals surface area contributed by atoms with Gasteiger partial charge in [0.15, 0.2) is 0 Å². The zero-order chi connectivity index (χ0) is 13.9. The Morgan fingerprint density at radius 1 is 1.21 bits per heavy atom. The quantitative estimate of drug-likeness (QED) is 0.852. The van der Waals surface area contributed by atoms with Crippen molar-refractivity contribution in [2.75, 3.05) is 19.6 Å². The van der Waals surface area contributed by atoms with Gasteiger partial charge < -0.3 is 5.32 Å². The summed E-state index contributed by atoms with van der Waals surface area (Å²) < 4.78 is 36.7. The largest absolute Gasteiger partial charge is 0.389 e. The van der Waals surface area contributed by atoms with E-state index < -0.39 is 12.6 Å². The van der Waals surface area contributed by atoms with Crippen molar-refractivity contribution in [1.82, 2.24) is 10.2 Å². The fourth-order valence-electron chi connectivity index (χ4n) is 3.44. The molecular formula is C14H25F3N2. The summed E-state index contributed by atoms with van der Waals surface area (Å²) in [6.45, 7) is 4.51. The predicted octanol–water partition coefficient (Wildman–Crippen LogP) is 3.33. The lowest BCUT2D eigenvalue weighted by Crippen LogP contribution is -2.64. The summed E-state index contributed by atoms with van der Waals surface area (Å²) in [7, 11) is 0. The van der Waals surface area contributed by atoms with E-state index in [2.05, 4.69) is 17.1 Å². The molecule has 0 bridgehead atoms. The molecule has 2 fully saturated rings. The summed E-state index contributed by atoms with van der Waals surface area (Å²) in [6.07, 6.45) is 1.70. The molecule has 0 aromatic rings. The van der Waals surface area contributed by atoms with E-state index in [1.807, 2.05) is 0 Å². The summed E-state index contributed by atoms with van der Waals surface area (Å²) in [4.78, 5) is 2.26. The summed E-state index contributed by atoms with van der Waals surface area (Å²) in [6, 6.07) is 0.348. The van der Waals surface area contributed by atoms with Crippen molar-refractivity contribution in [3.63, 3.8) is 0 Å². The summed E-state index contributed by atoms with van der Waals surface area (Å²) in [5.74, 6) is 0. The topological polar surface area (TPSA) is 15.3 Å². The Bertz CT molecular complexity index is 285. The molecule has 19 heavy (non-hydrogen) atoms. The Kier molecular flexibility index (Phi) is 4.77. The van der Waals surface area contributed by atoms with Gasteiger partial charge in [-0.25, -0.2) is 0 Å². The van der Waals surface area contributed by atoms with Crippen LogP contribution in [0, 0.1) is 0 Å². The lowest BCUT2D eigenvalue weighted by molar-refractivity contribution is -0.136. The van der Waals surface area contributed by atoms with Crippen LogP contribution in [0.2, 0.25) is 0 Å². The molecule has 1 aliphatic heterocycles. The molecule has 2 rings (SSSR count). The van der Waals surface area contributed by atoms with Crippen LogP contribution in [0.25, 0.3) is 0 Å². The van der Waals surface area contributed by atoms with Gasteiger partial charge in [-0.15, -0.1) is 0 Å². The predicted molar refractivity (Wildman–Crippen MR) is 70.1 cm³/mol. The fourth-order valence-corrected chi connectivity index (χ4v) is 3.44. The zero-order valence-corrected chi connectivity index (χ0v) is 11.7. The molecule has 2 nitrogen and oxygen atoms in total. The van der Waals surface area contributed by atoms with Crippen molar-refractivity contribution in [3.05, 3.63) is 0 Å². The molecule has 112 valence electrons.